The Hall–Kier alpha value is -3.34. The Labute approximate surface area is 170 Å². The van der Waals surface area contributed by atoms with Crippen LogP contribution in [0.5, 0.6) is 5.75 Å². The smallest absolute Gasteiger partial charge is 0.254 e. The van der Waals surface area contributed by atoms with Crippen LogP contribution in [0.1, 0.15) is 29.7 Å². The second-order valence-corrected chi connectivity index (χ2v) is 7.41. The van der Waals surface area contributed by atoms with Crippen LogP contribution in [-0.4, -0.2) is 25.0 Å². The predicted molar refractivity (Wildman–Crippen MR) is 114 cm³/mol. The lowest BCUT2D eigenvalue weighted by Crippen LogP contribution is -2.38. The van der Waals surface area contributed by atoms with Crippen molar-refractivity contribution in [1.82, 2.24) is 5.32 Å². The Balaban J connectivity index is 1.58. The number of carbonyl (C=O) groups excluding carboxylic acids is 2. The number of ether oxygens (including phenoxy) is 1. The van der Waals surface area contributed by atoms with Crippen LogP contribution in [-0.2, 0) is 9.59 Å². The molecule has 0 saturated heterocycles. The lowest BCUT2D eigenvalue weighted by Gasteiger charge is -2.20. The van der Waals surface area contributed by atoms with Gasteiger partial charge >= 0.3 is 0 Å². The van der Waals surface area contributed by atoms with Crippen molar-refractivity contribution in [2.45, 2.75) is 26.8 Å². The minimum Gasteiger partial charge on any atom is -0.491 e. The van der Waals surface area contributed by atoms with Crippen molar-refractivity contribution < 1.29 is 14.3 Å². The molecule has 29 heavy (non-hydrogen) atoms. The third kappa shape index (κ3) is 3.44. The van der Waals surface area contributed by atoms with Crippen molar-refractivity contribution >= 4 is 28.3 Å². The van der Waals surface area contributed by atoms with Crippen LogP contribution in [0, 0.1) is 13.8 Å². The normalized spacial score (nSPS) is 15.5. The third-order valence-electron chi connectivity index (χ3n) is 5.38. The van der Waals surface area contributed by atoms with Gasteiger partial charge in [-0.1, -0.05) is 48.5 Å². The Morgan fingerprint density at radius 3 is 2.55 bits per heavy atom. The molecule has 0 bridgehead atoms. The fraction of sp³-hybridized carbons (Fsp3) is 0.250. The third-order valence-corrected chi connectivity index (χ3v) is 5.38. The molecule has 1 heterocycles. The molecule has 1 unspecified atom stereocenters. The second-order valence-electron chi connectivity index (χ2n) is 7.41. The van der Waals surface area contributed by atoms with Crippen LogP contribution in [0.3, 0.4) is 0 Å². The molecule has 3 aromatic rings. The number of aryl methyl sites for hydroxylation is 2. The molecule has 1 aliphatic rings. The molecule has 1 aliphatic heterocycles. The summed E-state index contributed by atoms with van der Waals surface area (Å²) < 4.78 is 6.05. The summed E-state index contributed by atoms with van der Waals surface area (Å²) in [5.41, 5.74) is 3.78. The van der Waals surface area contributed by atoms with E-state index in [0.717, 1.165) is 38.9 Å². The van der Waals surface area contributed by atoms with E-state index in [-0.39, 0.29) is 11.8 Å². The summed E-state index contributed by atoms with van der Waals surface area (Å²) >= 11 is 0. The van der Waals surface area contributed by atoms with Gasteiger partial charge in [0.25, 0.3) is 5.91 Å². The number of hydrogen-bond donors (Lipinski definition) is 1. The molecule has 148 valence electrons. The molecule has 0 radical (unpaired) electrons. The van der Waals surface area contributed by atoms with E-state index in [4.69, 9.17) is 4.74 Å². The topological polar surface area (TPSA) is 58.6 Å². The Morgan fingerprint density at radius 2 is 1.76 bits per heavy atom. The first kappa shape index (κ1) is 19.0. The van der Waals surface area contributed by atoms with Gasteiger partial charge in [0.15, 0.2) is 0 Å². The molecule has 0 aromatic heterocycles. The van der Waals surface area contributed by atoms with Crippen LogP contribution in [0.4, 0.5) is 5.69 Å². The lowest BCUT2D eigenvalue weighted by molar-refractivity contribution is -0.126. The van der Waals surface area contributed by atoms with Gasteiger partial charge in [0.2, 0.25) is 5.91 Å². The highest BCUT2D eigenvalue weighted by molar-refractivity contribution is 6.07. The van der Waals surface area contributed by atoms with E-state index in [1.807, 2.05) is 68.4 Å². The summed E-state index contributed by atoms with van der Waals surface area (Å²) in [6.07, 6.45) is 0. The Morgan fingerprint density at radius 1 is 1.03 bits per heavy atom. The standard InChI is InChI=1S/C24H24N2O3/c1-15-11-12-16(2)23-21(15)22(25-17(3)27)24(28)26(23)13-14-29-20-10-6-8-18-7-4-5-9-19(18)20/h4-12,22H,13-14H2,1-3H3,(H,25,27). The predicted octanol–water partition coefficient (Wildman–Crippen LogP) is 4.06. The zero-order valence-corrected chi connectivity index (χ0v) is 16.9. The van der Waals surface area contributed by atoms with Gasteiger partial charge in [-0.3, -0.25) is 9.59 Å². The number of carbonyl (C=O) groups is 2. The van der Waals surface area contributed by atoms with E-state index in [1.54, 1.807) is 4.90 Å². The quantitative estimate of drug-likeness (QED) is 0.717. The Bertz CT molecular complexity index is 1100. The monoisotopic (exact) mass is 388 g/mol. The molecule has 0 saturated carbocycles. The molecule has 1 atom stereocenters. The van der Waals surface area contributed by atoms with Gasteiger partial charge in [-0.05, 0) is 36.4 Å². The van der Waals surface area contributed by atoms with E-state index in [9.17, 15) is 9.59 Å². The zero-order chi connectivity index (χ0) is 20.5. The highest BCUT2D eigenvalue weighted by Crippen LogP contribution is 2.40. The maximum absolute atomic E-state index is 13.1. The molecule has 1 N–H and O–H groups in total. The minimum absolute atomic E-state index is 0.117. The van der Waals surface area contributed by atoms with Crippen molar-refractivity contribution in [1.29, 1.82) is 0 Å². The maximum atomic E-state index is 13.1. The number of anilines is 1. The molecule has 2 amide bonds. The summed E-state index contributed by atoms with van der Waals surface area (Å²) in [5.74, 6) is 0.465. The van der Waals surface area contributed by atoms with Gasteiger partial charge in [0.1, 0.15) is 18.4 Å². The van der Waals surface area contributed by atoms with Gasteiger partial charge in [0.05, 0.1) is 12.2 Å². The molecule has 0 aliphatic carbocycles. The molecule has 5 nitrogen and oxygen atoms in total. The summed E-state index contributed by atoms with van der Waals surface area (Å²) in [7, 11) is 0. The number of amides is 2. The van der Waals surface area contributed by atoms with Crippen molar-refractivity contribution in [2.75, 3.05) is 18.1 Å². The lowest BCUT2D eigenvalue weighted by atomic mass is 9.99. The van der Waals surface area contributed by atoms with Crippen LogP contribution in [0.25, 0.3) is 10.8 Å². The number of benzene rings is 3. The average molecular weight is 388 g/mol. The first-order valence-corrected chi connectivity index (χ1v) is 9.76. The molecular weight excluding hydrogens is 364 g/mol. The van der Waals surface area contributed by atoms with Crippen molar-refractivity contribution in [3.63, 3.8) is 0 Å². The number of rotatable bonds is 5. The van der Waals surface area contributed by atoms with Gasteiger partial charge in [-0.15, -0.1) is 0 Å². The fourth-order valence-electron chi connectivity index (χ4n) is 4.06. The molecular formula is C24H24N2O3. The van der Waals surface area contributed by atoms with Crippen molar-refractivity contribution in [3.8, 4) is 5.75 Å². The number of hydrogen-bond acceptors (Lipinski definition) is 3. The maximum Gasteiger partial charge on any atom is 0.254 e. The molecule has 0 fully saturated rings. The number of fused-ring (bicyclic) bond motifs is 2. The summed E-state index contributed by atoms with van der Waals surface area (Å²) in [5, 5.41) is 4.97. The largest absolute Gasteiger partial charge is 0.491 e. The Kier molecular flexibility index (Phi) is 4.97. The average Bonchev–Trinajstić information content (AvgIpc) is 2.98. The highest BCUT2D eigenvalue weighted by Gasteiger charge is 2.39. The van der Waals surface area contributed by atoms with E-state index < -0.39 is 6.04 Å². The summed E-state index contributed by atoms with van der Waals surface area (Å²) in [6, 6.07) is 17.4. The van der Waals surface area contributed by atoms with E-state index in [1.165, 1.54) is 6.92 Å². The van der Waals surface area contributed by atoms with Gasteiger partial charge in [-0.2, -0.15) is 0 Å². The van der Waals surface area contributed by atoms with Gasteiger partial charge < -0.3 is 15.0 Å². The van der Waals surface area contributed by atoms with Gasteiger partial charge in [-0.25, -0.2) is 0 Å². The van der Waals surface area contributed by atoms with E-state index in [2.05, 4.69) is 5.32 Å². The van der Waals surface area contributed by atoms with E-state index in [0.29, 0.717) is 13.2 Å². The van der Waals surface area contributed by atoms with E-state index >= 15 is 0 Å². The van der Waals surface area contributed by atoms with Crippen LogP contribution in [0.2, 0.25) is 0 Å². The SMILES string of the molecule is CC(=O)NC1C(=O)N(CCOc2cccc3ccccc23)c2c(C)ccc(C)c21. The molecule has 5 heteroatoms. The summed E-state index contributed by atoms with van der Waals surface area (Å²) in [4.78, 5) is 26.5. The molecule has 3 aromatic carbocycles. The molecule has 4 rings (SSSR count). The minimum atomic E-state index is -0.639. The van der Waals surface area contributed by atoms with Crippen LogP contribution in [0.15, 0.2) is 54.6 Å². The number of nitrogens with one attached hydrogen (secondary N) is 1. The van der Waals surface area contributed by atoms with Crippen LogP contribution >= 0.6 is 0 Å². The highest BCUT2D eigenvalue weighted by atomic mass is 16.5. The first-order valence-electron chi connectivity index (χ1n) is 9.76. The first-order chi connectivity index (χ1) is 14.0. The summed E-state index contributed by atoms with van der Waals surface area (Å²) in [6.45, 7) is 6.16. The van der Waals surface area contributed by atoms with Crippen molar-refractivity contribution in [2.24, 2.45) is 0 Å². The molecule has 0 spiro atoms. The zero-order valence-electron chi connectivity index (χ0n) is 16.9. The number of nitrogens with zero attached hydrogens (tertiary/aromatic N) is 1. The van der Waals surface area contributed by atoms with Crippen molar-refractivity contribution in [3.05, 3.63) is 71.3 Å². The fourth-order valence-corrected chi connectivity index (χ4v) is 4.06. The van der Waals surface area contributed by atoms with Gasteiger partial charge in [0, 0.05) is 17.9 Å². The second kappa shape index (κ2) is 7.59. The van der Waals surface area contributed by atoms with Crippen LogP contribution < -0.4 is 15.0 Å².